The molecular formula is C10H20O2. The molecule has 0 aromatic rings. The van der Waals surface area contributed by atoms with Gasteiger partial charge in [0.15, 0.2) is 5.79 Å². The lowest BCUT2D eigenvalue weighted by Crippen LogP contribution is -2.21. The van der Waals surface area contributed by atoms with Gasteiger partial charge in [0.25, 0.3) is 0 Å². The van der Waals surface area contributed by atoms with Crippen LogP contribution >= 0.6 is 0 Å². The quantitative estimate of drug-likeness (QED) is 0.651. The van der Waals surface area contributed by atoms with Crippen LogP contribution < -0.4 is 0 Å². The molecule has 1 saturated heterocycles. The Labute approximate surface area is 75.2 Å². The molecule has 1 rings (SSSR count). The van der Waals surface area contributed by atoms with Crippen LogP contribution in [-0.2, 0) is 9.47 Å². The van der Waals surface area contributed by atoms with Crippen molar-refractivity contribution in [2.24, 2.45) is 5.92 Å². The van der Waals surface area contributed by atoms with Crippen molar-refractivity contribution < 1.29 is 9.47 Å². The van der Waals surface area contributed by atoms with E-state index in [-0.39, 0.29) is 5.79 Å². The fraction of sp³-hybridized carbons (Fsp3) is 1.00. The summed E-state index contributed by atoms with van der Waals surface area (Å²) in [5.41, 5.74) is 0. The van der Waals surface area contributed by atoms with Gasteiger partial charge in [-0.2, -0.15) is 0 Å². The Bertz CT molecular complexity index is 141. The molecule has 72 valence electrons. The number of rotatable bonds is 3. The van der Waals surface area contributed by atoms with E-state index in [1.807, 2.05) is 13.8 Å². The minimum absolute atomic E-state index is 0.322. The minimum atomic E-state index is -0.346. The maximum absolute atomic E-state index is 5.68. The van der Waals surface area contributed by atoms with Gasteiger partial charge in [-0.15, -0.1) is 0 Å². The number of ether oxygens (including phenoxy) is 2. The van der Waals surface area contributed by atoms with Crippen molar-refractivity contribution in [3.63, 3.8) is 0 Å². The van der Waals surface area contributed by atoms with E-state index in [1.165, 1.54) is 6.42 Å². The Kier molecular flexibility index (Phi) is 3.13. The van der Waals surface area contributed by atoms with Crippen molar-refractivity contribution in [1.82, 2.24) is 0 Å². The summed E-state index contributed by atoms with van der Waals surface area (Å²) in [6.45, 7) is 9.19. The highest BCUT2D eigenvalue weighted by molar-refractivity contribution is 4.70. The molecule has 1 fully saturated rings. The number of hydrogen-bond donors (Lipinski definition) is 0. The molecule has 0 amide bonds. The van der Waals surface area contributed by atoms with Gasteiger partial charge in [0.2, 0.25) is 0 Å². The van der Waals surface area contributed by atoms with E-state index < -0.39 is 0 Å². The van der Waals surface area contributed by atoms with E-state index in [1.54, 1.807) is 0 Å². The molecule has 0 saturated carbocycles. The Morgan fingerprint density at radius 1 is 1.42 bits per heavy atom. The topological polar surface area (TPSA) is 18.5 Å². The van der Waals surface area contributed by atoms with Crippen molar-refractivity contribution >= 4 is 0 Å². The molecule has 1 unspecified atom stereocenters. The third-order valence-electron chi connectivity index (χ3n) is 2.13. The molecule has 0 aromatic heterocycles. The Morgan fingerprint density at radius 3 is 2.50 bits per heavy atom. The zero-order valence-corrected chi connectivity index (χ0v) is 8.59. The first-order valence-corrected chi connectivity index (χ1v) is 4.81. The van der Waals surface area contributed by atoms with E-state index in [2.05, 4.69) is 13.8 Å². The first kappa shape index (κ1) is 10.0. The summed E-state index contributed by atoms with van der Waals surface area (Å²) in [5.74, 6) is 0.416. The fourth-order valence-corrected chi connectivity index (χ4v) is 1.42. The minimum Gasteiger partial charge on any atom is -0.348 e. The van der Waals surface area contributed by atoms with E-state index in [4.69, 9.17) is 9.47 Å². The zero-order valence-electron chi connectivity index (χ0n) is 8.59. The normalized spacial score (nSPS) is 28.2. The van der Waals surface area contributed by atoms with Gasteiger partial charge in [0.1, 0.15) is 0 Å². The molecule has 2 nitrogen and oxygen atoms in total. The zero-order chi connectivity index (χ0) is 9.19. The predicted octanol–water partition coefficient (Wildman–Crippen LogP) is 2.57. The molecule has 1 atom stereocenters. The molecule has 0 N–H and O–H groups in total. The van der Waals surface area contributed by atoms with Gasteiger partial charge in [0.05, 0.1) is 12.7 Å². The highest BCUT2D eigenvalue weighted by Crippen LogP contribution is 2.25. The van der Waals surface area contributed by atoms with Gasteiger partial charge in [-0.05, 0) is 32.6 Å². The standard InChI is InChI=1S/C10H20O2/c1-8(2)5-6-9-7-11-10(3,4)12-9/h8-9H,5-7H2,1-4H3. The average Bonchev–Trinajstić information content (AvgIpc) is 2.26. The summed E-state index contributed by atoms with van der Waals surface area (Å²) in [6.07, 6.45) is 2.67. The molecule has 0 bridgehead atoms. The van der Waals surface area contributed by atoms with Gasteiger partial charge >= 0.3 is 0 Å². The largest absolute Gasteiger partial charge is 0.348 e. The van der Waals surface area contributed by atoms with E-state index in [9.17, 15) is 0 Å². The van der Waals surface area contributed by atoms with Gasteiger partial charge in [-0.3, -0.25) is 0 Å². The summed E-state index contributed by atoms with van der Waals surface area (Å²) in [7, 11) is 0. The second kappa shape index (κ2) is 3.75. The molecule has 0 aliphatic carbocycles. The van der Waals surface area contributed by atoms with Crippen LogP contribution in [0.3, 0.4) is 0 Å². The smallest absolute Gasteiger partial charge is 0.163 e. The lowest BCUT2D eigenvalue weighted by molar-refractivity contribution is -0.139. The second-order valence-electron chi connectivity index (χ2n) is 4.42. The van der Waals surface area contributed by atoms with Crippen molar-refractivity contribution in [1.29, 1.82) is 0 Å². The summed E-state index contributed by atoms with van der Waals surface area (Å²) < 4.78 is 11.1. The van der Waals surface area contributed by atoms with Crippen LogP contribution in [0.25, 0.3) is 0 Å². The summed E-state index contributed by atoms with van der Waals surface area (Å²) in [5, 5.41) is 0. The van der Waals surface area contributed by atoms with Crippen molar-refractivity contribution in [3.8, 4) is 0 Å². The molecule has 0 spiro atoms. The van der Waals surface area contributed by atoms with Gasteiger partial charge in [-0.1, -0.05) is 13.8 Å². The Hall–Kier alpha value is -0.0800. The Morgan fingerprint density at radius 2 is 2.08 bits per heavy atom. The van der Waals surface area contributed by atoms with E-state index in [0.717, 1.165) is 18.9 Å². The molecule has 1 aliphatic heterocycles. The molecule has 0 aromatic carbocycles. The van der Waals surface area contributed by atoms with Crippen LogP contribution in [0.15, 0.2) is 0 Å². The third-order valence-corrected chi connectivity index (χ3v) is 2.13. The van der Waals surface area contributed by atoms with Crippen molar-refractivity contribution in [2.45, 2.75) is 52.4 Å². The van der Waals surface area contributed by atoms with Crippen LogP contribution in [0.4, 0.5) is 0 Å². The lowest BCUT2D eigenvalue weighted by Gasteiger charge is -2.17. The fourth-order valence-electron chi connectivity index (χ4n) is 1.42. The molecular weight excluding hydrogens is 152 g/mol. The summed E-state index contributed by atoms with van der Waals surface area (Å²) in [6, 6.07) is 0. The monoisotopic (exact) mass is 172 g/mol. The van der Waals surface area contributed by atoms with E-state index in [0.29, 0.717) is 6.10 Å². The van der Waals surface area contributed by atoms with Gasteiger partial charge in [-0.25, -0.2) is 0 Å². The van der Waals surface area contributed by atoms with Crippen LogP contribution in [0.5, 0.6) is 0 Å². The molecule has 1 aliphatic rings. The molecule has 1 heterocycles. The predicted molar refractivity (Wildman–Crippen MR) is 49.0 cm³/mol. The van der Waals surface area contributed by atoms with E-state index >= 15 is 0 Å². The van der Waals surface area contributed by atoms with Gasteiger partial charge in [0, 0.05) is 0 Å². The highest BCUT2D eigenvalue weighted by Gasteiger charge is 2.32. The van der Waals surface area contributed by atoms with Gasteiger partial charge < -0.3 is 9.47 Å². The van der Waals surface area contributed by atoms with Crippen LogP contribution in [0.2, 0.25) is 0 Å². The van der Waals surface area contributed by atoms with Crippen LogP contribution in [-0.4, -0.2) is 18.5 Å². The lowest BCUT2D eigenvalue weighted by atomic mass is 10.1. The first-order valence-electron chi connectivity index (χ1n) is 4.81. The maximum atomic E-state index is 5.68. The first-order chi connectivity index (χ1) is 5.49. The van der Waals surface area contributed by atoms with Crippen molar-refractivity contribution in [3.05, 3.63) is 0 Å². The third kappa shape index (κ3) is 3.11. The van der Waals surface area contributed by atoms with Crippen molar-refractivity contribution in [2.75, 3.05) is 6.61 Å². The molecule has 12 heavy (non-hydrogen) atoms. The average molecular weight is 172 g/mol. The maximum Gasteiger partial charge on any atom is 0.163 e. The van der Waals surface area contributed by atoms with Crippen LogP contribution in [0, 0.1) is 5.92 Å². The molecule has 2 heteroatoms. The molecule has 0 radical (unpaired) electrons. The Balaban J connectivity index is 2.20. The summed E-state index contributed by atoms with van der Waals surface area (Å²) in [4.78, 5) is 0. The summed E-state index contributed by atoms with van der Waals surface area (Å²) >= 11 is 0. The number of hydrogen-bond acceptors (Lipinski definition) is 2. The highest BCUT2D eigenvalue weighted by atomic mass is 16.7. The second-order valence-corrected chi connectivity index (χ2v) is 4.42. The van der Waals surface area contributed by atoms with Crippen LogP contribution in [0.1, 0.15) is 40.5 Å². The SMILES string of the molecule is CC(C)CCC1COC(C)(C)O1.